The summed E-state index contributed by atoms with van der Waals surface area (Å²) < 4.78 is 1.73. The van der Waals surface area contributed by atoms with Gasteiger partial charge in [0.15, 0.2) is 0 Å². The van der Waals surface area contributed by atoms with Crippen LogP contribution in [0.2, 0.25) is 0 Å². The molecule has 1 rings (SSSR count). The van der Waals surface area contributed by atoms with Crippen LogP contribution in [0.5, 0.6) is 0 Å². The Bertz CT molecular complexity index is 456. The van der Waals surface area contributed by atoms with E-state index in [1.54, 1.807) is 17.1 Å². The average Bonchev–Trinajstić information content (AvgIpc) is 2.76. The molecular formula is C13H22N4O3. The molecule has 1 aromatic rings. The highest BCUT2D eigenvalue weighted by molar-refractivity contribution is 5.89. The van der Waals surface area contributed by atoms with Crippen molar-refractivity contribution in [2.24, 2.45) is 0 Å². The number of hydrogen-bond acceptors (Lipinski definition) is 3. The van der Waals surface area contributed by atoms with E-state index in [-0.39, 0.29) is 18.5 Å². The number of nitrogens with zero attached hydrogens (tertiary/aromatic N) is 2. The molecule has 0 aliphatic rings. The maximum atomic E-state index is 11.8. The van der Waals surface area contributed by atoms with Crippen LogP contribution in [0.3, 0.4) is 0 Å². The minimum absolute atomic E-state index is 0.0769. The molecule has 2 amide bonds. The van der Waals surface area contributed by atoms with Gasteiger partial charge in [0.25, 0.3) is 0 Å². The van der Waals surface area contributed by atoms with E-state index in [4.69, 9.17) is 5.11 Å². The van der Waals surface area contributed by atoms with Gasteiger partial charge in [-0.05, 0) is 20.3 Å². The molecule has 1 heterocycles. The number of hydrogen-bond donors (Lipinski definition) is 3. The summed E-state index contributed by atoms with van der Waals surface area (Å²) in [6, 6.07) is -0.556. The molecule has 1 aromatic heterocycles. The minimum Gasteiger partial charge on any atom is -0.481 e. The van der Waals surface area contributed by atoms with Crippen molar-refractivity contribution >= 4 is 17.7 Å². The highest BCUT2D eigenvalue weighted by Gasteiger charge is 2.15. The number of carboxylic acids is 1. The average molecular weight is 282 g/mol. The highest BCUT2D eigenvalue weighted by atomic mass is 16.4. The summed E-state index contributed by atoms with van der Waals surface area (Å²) in [4.78, 5) is 22.5. The lowest BCUT2D eigenvalue weighted by molar-refractivity contribution is -0.137. The molecule has 1 unspecified atom stereocenters. The lowest BCUT2D eigenvalue weighted by atomic mass is 10.1. The lowest BCUT2D eigenvalue weighted by Gasteiger charge is -2.16. The van der Waals surface area contributed by atoms with Crippen LogP contribution in [0.25, 0.3) is 0 Å². The van der Waals surface area contributed by atoms with E-state index in [1.165, 1.54) is 0 Å². The van der Waals surface area contributed by atoms with Gasteiger partial charge < -0.3 is 15.7 Å². The van der Waals surface area contributed by atoms with Crippen molar-refractivity contribution in [1.29, 1.82) is 0 Å². The zero-order valence-corrected chi connectivity index (χ0v) is 12.1. The van der Waals surface area contributed by atoms with Crippen LogP contribution in [0, 0.1) is 0 Å². The van der Waals surface area contributed by atoms with E-state index < -0.39 is 12.0 Å². The van der Waals surface area contributed by atoms with Crippen LogP contribution >= 0.6 is 0 Å². The van der Waals surface area contributed by atoms with Gasteiger partial charge in [-0.15, -0.1) is 0 Å². The first-order chi connectivity index (χ1) is 9.42. The van der Waals surface area contributed by atoms with Crippen molar-refractivity contribution < 1.29 is 14.7 Å². The second kappa shape index (κ2) is 7.52. The molecule has 0 saturated carbocycles. The molecule has 0 aliphatic heterocycles. The molecule has 0 bridgehead atoms. The molecule has 1 atom stereocenters. The Hall–Kier alpha value is -2.05. The van der Waals surface area contributed by atoms with Crippen LogP contribution in [-0.2, 0) is 4.79 Å². The fourth-order valence-electron chi connectivity index (χ4n) is 1.82. The predicted octanol–water partition coefficient (Wildman–Crippen LogP) is 2.23. The number of aliphatic carboxylic acids is 1. The number of carboxylic acid groups (broad SMARTS) is 1. The van der Waals surface area contributed by atoms with Gasteiger partial charge in [-0.25, -0.2) is 4.79 Å². The smallest absolute Gasteiger partial charge is 0.319 e. The van der Waals surface area contributed by atoms with Crippen molar-refractivity contribution in [2.75, 3.05) is 5.32 Å². The largest absolute Gasteiger partial charge is 0.481 e. The van der Waals surface area contributed by atoms with E-state index in [0.717, 1.165) is 6.42 Å². The summed E-state index contributed by atoms with van der Waals surface area (Å²) in [7, 11) is 0. The Kier molecular flexibility index (Phi) is 6.02. The zero-order chi connectivity index (χ0) is 15.1. The van der Waals surface area contributed by atoms with Crippen LogP contribution in [-0.4, -0.2) is 32.9 Å². The number of rotatable bonds is 7. The highest BCUT2D eigenvalue weighted by Crippen LogP contribution is 2.10. The minimum atomic E-state index is -0.920. The third kappa shape index (κ3) is 5.29. The maximum absolute atomic E-state index is 11.8. The summed E-state index contributed by atoms with van der Waals surface area (Å²) in [5.74, 6) is -0.920. The molecule has 0 aromatic carbocycles. The molecule has 0 aliphatic carbocycles. The SMILES string of the molecule is CCCC(CC(=O)O)NC(=O)Nc1cnn(C(C)C)c1. The molecule has 20 heavy (non-hydrogen) atoms. The number of nitrogens with one attached hydrogen (secondary N) is 2. The standard InChI is InChI=1S/C13H22N4O3/c1-4-5-10(6-12(18)19)15-13(20)16-11-7-14-17(8-11)9(2)3/h7-10H,4-6H2,1-3H3,(H,18,19)(H2,15,16,20). The van der Waals surface area contributed by atoms with Crippen molar-refractivity contribution in [3.8, 4) is 0 Å². The van der Waals surface area contributed by atoms with Crippen LogP contribution in [0.15, 0.2) is 12.4 Å². The van der Waals surface area contributed by atoms with Gasteiger partial charge in [0.1, 0.15) is 0 Å². The molecule has 0 spiro atoms. The Morgan fingerprint density at radius 1 is 1.45 bits per heavy atom. The number of aromatic nitrogens is 2. The van der Waals surface area contributed by atoms with Crippen molar-refractivity contribution in [3.05, 3.63) is 12.4 Å². The molecule has 0 saturated heterocycles. The zero-order valence-electron chi connectivity index (χ0n) is 12.1. The molecule has 112 valence electrons. The second-order valence-electron chi connectivity index (χ2n) is 4.98. The van der Waals surface area contributed by atoms with E-state index in [1.807, 2.05) is 20.8 Å². The molecule has 3 N–H and O–H groups in total. The normalized spacial score (nSPS) is 12.2. The summed E-state index contributed by atoms with van der Waals surface area (Å²) in [5.41, 5.74) is 0.585. The summed E-state index contributed by atoms with van der Waals surface area (Å²) in [6.45, 7) is 5.92. The van der Waals surface area contributed by atoms with Crippen molar-refractivity contribution in [2.45, 2.75) is 52.1 Å². The Labute approximate surface area is 118 Å². The summed E-state index contributed by atoms with van der Waals surface area (Å²) in [5, 5.41) is 18.2. The van der Waals surface area contributed by atoms with E-state index in [0.29, 0.717) is 12.1 Å². The van der Waals surface area contributed by atoms with Crippen molar-refractivity contribution in [3.63, 3.8) is 0 Å². The molecule has 0 radical (unpaired) electrons. The number of anilines is 1. The fraction of sp³-hybridized carbons (Fsp3) is 0.615. The van der Waals surface area contributed by atoms with Crippen LogP contribution < -0.4 is 10.6 Å². The van der Waals surface area contributed by atoms with Gasteiger partial charge in [0.2, 0.25) is 0 Å². The Morgan fingerprint density at radius 2 is 2.15 bits per heavy atom. The van der Waals surface area contributed by atoms with Crippen molar-refractivity contribution in [1.82, 2.24) is 15.1 Å². The van der Waals surface area contributed by atoms with Gasteiger partial charge in [-0.2, -0.15) is 5.10 Å². The lowest BCUT2D eigenvalue weighted by Crippen LogP contribution is -2.39. The van der Waals surface area contributed by atoms with E-state index >= 15 is 0 Å². The second-order valence-corrected chi connectivity index (χ2v) is 4.98. The van der Waals surface area contributed by atoms with E-state index in [9.17, 15) is 9.59 Å². The van der Waals surface area contributed by atoms with Gasteiger partial charge >= 0.3 is 12.0 Å². The molecule has 0 fully saturated rings. The van der Waals surface area contributed by atoms with Gasteiger partial charge in [0, 0.05) is 18.3 Å². The third-order valence-corrected chi connectivity index (χ3v) is 2.78. The first-order valence-corrected chi connectivity index (χ1v) is 6.75. The molecule has 7 nitrogen and oxygen atoms in total. The first-order valence-electron chi connectivity index (χ1n) is 6.75. The van der Waals surface area contributed by atoms with Gasteiger partial charge in [0.05, 0.1) is 18.3 Å². The topological polar surface area (TPSA) is 96.2 Å². The maximum Gasteiger partial charge on any atom is 0.319 e. The van der Waals surface area contributed by atoms with Gasteiger partial charge in [-0.1, -0.05) is 13.3 Å². The van der Waals surface area contributed by atoms with Gasteiger partial charge in [-0.3, -0.25) is 9.48 Å². The fourth-order valence-corrected chi connectivity index (χ4v) is 1.82. The van der Waals surface area contributed by atoms with E-state index in [2.05, 4.69) is 15.7 Å². The quantitative estimate of drug-likeness (QED) is 0.714. The third-order valence-electron chi connectivity index (χ3n) is 2.78. The number of urea groups is 1. The summed E-state index contributed by atoms with van der Waals surface area (Å²) >= 11 is 0. The Morgan fingerprint density at radius 3 is 2.65 bits per heavy atom. The van der Waals surface area contributed by atoms with Crippen LogP contribution in [0.4, 0.5) is 10.5 Å². The first kappa shape index (κ1) is 16.0. The monoisotopic (exact) mass is 282 g/mol. The number of carbonyl (C=O) groups excluding carboxylic acids is 1. The number of carbonyl (C=O) groups is 2. The molecule has 7 heteroatoms. The summed E-state index contributed by atoms with van der Waals surface area (Å²) in [6.07, 6.45) is 4.66. The predicted molar refractivity (Wildman–Crippen MR) is 75.7 cm³/mol. The molecular weight excluding hydrogens is 260 g/mol. The number of amides is 2. The van der Waals surface area contributed by atoms with Crippen LogP contribution in [0.1, 0.15) is 46.1 Å². The Balaban J connectivity index is 2.53.